The average molecular weight is 420 g/mol. The number of carbonyl (C=O) groups excluding carboxylic acids is 1. The van der Waals surface area contributed by atoms with E-state index in [2.05, 4.69) is 28.9 Å². The largest absolute Gasteiger partial charge is 0.490 e. The van der Waals surface area contributed by atoms with Gasteiger partial charge in [0.05, 0.1) is 12.1 Å². The molecule has 1 N–H and O–H groups in total. The predicted octanol–water partition coefficient (Wildman–Crippen LogP) is 2.51. The van der Waals surface area contributed by atoms with Crippen molar-refractivity contribution in [2.45, 2.75) is 44.6 Å². The Morgan fingerprint density at radius 2 is 2.00 bits per heavy atom. The molecule has 28 heavy (non-hydrogen) atoms. The maximum absolute atomic E-state index is 12.2. The number of hydrogen-bond donors (Lipinski definition) is 1. The standard InChI is InChI=1S/C16H22N2O2S.C2HF3O2/c1-11-2-5-13(21-11)7-17-8-14-15(9-17)20-10-16(19)18(14)6-12-3-4-12;3-2(4,5)1(6)7/h2,5,12,14-15H,3-4,6-10H2,1H3;(H,6,7)/t14-,15-;/m1./s1. The number of carboxylic acids is 1. The van der Waals surface area contributed by atoms with Gasteiger partial charge in [-0.1, -0.05) is 0 Å². The Morgan fingerprint density at radius 1 is 1.32 bits per heavy atom. The molecule has 2 saturated heterocycles. The minimum absolute atomic E-state index is 0.192. The van der Waals surface area contributed by atoms with E-state index in [9.17, 15) is 18.0 Å². The molecule has 1 saturated carbocycles. The summed E-state index contributed by atoms with van der Waals surface area (Å²) in [5.41, 5.74) is 0. The molecule has 3 aliphatic rings. The van der Waals surface area contributed by atoms with Crippen molar-refractivity contribution in [3.05, 3.63) is 21.9 Å². The van der Waals surface area contributed by atoms with Gasteiger partial charge in [0.1, 0.15) is 6.61 Å². The van der Waals surface area contributed by atoms with Gasteiger partial charge in [-0.15, -0.1) is 11.3 Å². The lowest BCUT2D eigenvalue weighted by molar-refractivity contribution is -0.192. The molecular weight excluding hydrogens is 397 g/mol. The number of alkyl halides is 3. The molecule has 3 fully saturated rings. The van der Waals surface area contributed by atoms with E-state index in [1.54, 1.807) is 0 Å². The van der Waals surface area contributed by atoms with Crippen molar-refractivity contribution >= 4 is 23.2 Å². The van der Waals surface area contributed by atoms with Gasteiger partial charge in [0.2, 0.25) is 5.91 Å². The molecule has 4 rings (SSSR count). The number of carboxylic acid groups (broad SMARTS) is 1. The molecule has 0 radical (unpaired) electrons. The van der Waals surface area contributed by atoms with E-state index in [-0.39, 0.29) is 24.7 Å². The first kappa shape index (κ1) is 21.1. The fourth-order valence-corrected chi connectivity index (χ4v) is 4.41. The highest BCUT2D eigenvalue weighted by atomic mass is 32.1. The summed E-state index contributed by atoms with van der Waals surface area (Å²) in [6.07, 6.45) is -2.29. The van der Waals surface area contributed by atoms with Crippen molar-refractivity contribution in [2.75, 3.05) is 26.2 Å². The van der Waals surface area contributed by atoms with E-state index in [0.29, 0.717) is 0 Å². The zero-order chi connectivity index (χ0) is 20.5. The highest BCUT2D eigenvalue weighted by Gasteiger charge is 2.44. The quantitative estimate of drug-likeness (QED) is 0.811. The smallest absolute Gasteiger partial charge is 0.475 e. The van der Waals surface area contributed by atoms with E-state index in [4.69, 9.17) is 14.6 Å². The number of hydrogen-bond acceptors (Lipinski definition) is 5. The predicted molar refractivity (Wildman–Crippen MR) is 96.0 cm³/mol. The van der Waals surface area contributed by atoms with E-state index in [1.165, 1.54) is 22.6 Å². The van der Waals surface area contributed by atoms with Crippen LogP contribution in [0, 0.1) is 12.8 Å². The van der Waals surface area contributed by atoms with Gasteiger partial charge in [0, 0.05) is 35.9 Å². The first-order valence-corrected chi connectivity index (χ1v) is 9.94. The number of aliphatic carboxylic acids is 1. The minimum atomic E-state index is -5.08. The maximum Gasteiger partial charge on any atom is 0.490 e. The third-order valence-corrected chi connectivity index (χ3v) is 6.01. The Hall–Kier alpha value is -1.65. The van der Waals surface area contributed by atoms with Crippen molar-refractivity contribution < 1.29 is 32.6 Å². The number of likely N-dealkylation sites (tertiary alicyclic amines) is 1. The average Bonchev–Trinajstić information content (AvgIpc) is 3.19. The second-order valence-electron chi connectivity index (χ2n) is 7.42. The Bertz CT molecular complexity index is 720. The van der Waals surface area contributed by atoms with E-state index in [0.717, 1.165) is 32.1 Å². The SMILES string of the molecule is Cc1ccc(CN2C[C@@H]3[C@@H](C2)OCC(=O)N3CC2CC2)s1.O=C(O)C(F)(F)F. The van der Waals surface area contributed by atoms with E-state index in [1.807, 2.05) is 11.3 Å². The summed E-state index contributed by atoms with van der Waals surface area (Å²) in [4.78, 5) is 28.4. The maximum atomic E-state index is 12.2. The van der Waals surface area contributed by atoms with Crippen LogP contribution >= 0.6 is 11.3 Å². The Morgan fingerprint density at radius 3 is 2.54 bits per heavy atom. The van der Waals surface area contributed by atoms with Crippen LogP contribution in [0.2, 0.25) is 0 Å². The zero-order valence-corrected chi connectivity index (χ0v) is 16.3. The number of ether oxygens (including phenoxy) is 1. The van der Waals surface area contributed by atoms with Gasteiger partial charge < -0.3 is 14.7 Å². The van der Waals surface area contributed by atoms with E-state index >= 15 is 0 Å². The highest BCUT2D eigenvalue weighted by molar-refractivity contribution is 7.11. The Labute approximate surface area is 164 Å². The first-order valence-electron chi connectivity index (χ1n) is 9.12. The van der Waals surface area contributed by atoms with Gasteiger partial charge in [-0.05, 0) is 37.8 Å². The van der Waals surface area contributed by atoms with Gasteiger partial charge in [-0.3, -0.25) is 9.69 Å². The lowest BCUT2D eigenvalue weighted by Gasteiger charge is -2.36. The van der Waals surface area contributed by atoms with Crippen LogP contribution in [-0.4, -0.2) is 71.3 Å². The van der Waals surface area contributed by atoms with Crippen LogP contribution in [0.25, 0.3) is 0 Å². The Kier molecular flexibility index (Phi) is 6.31. The van der Waals surface area contributed by atoms with Crippen LogP contribution in [-0.2, 0) is 20.9 Å². The number of halogens is 3. The number of carbonyl (C=O) groups is 2. The molecular formula is C18H23F3N2O4S. The molecule has 1 aliphatic carbocycles. The third kappa shape index (κ3) is 5.45. The third-order valence-electron chi connectivity index (χ3n) is 5.02. The molecule has 156 valence electrons. The summed E-state index contributed by atoms with van der Waals surface area (Å²) in [5, 5.41) is 7.12. The molecule has 1 aromatic heterocycles. The number of aryl methyl sites for hydroxylation is 1. The van der Waals surface area contributed by atoms with Gasteiger partial charge in [-0.2, -0.15) is 13.2 Å². The molecule has 2 atom stereocenters. The van der Waals surface area contributed by atoms with Gasteiger partial charge in [-0.25, -0.2) is 4.79 Å². The van der Waals surface area contributed by atoms with Gasteiger partial charge in [0.25, 0.3) is 0 Å². The molecule has 3 heterocycles. The van der Waals surface area contributed by atoms with Crippen molar-refractivity contribution in [3.8, 4) is 0 Å². The lowest BCUT2D eigenvalue weighted by atomic mass is 10.1. The molecule has 1 amide bonds. The lowest BCUT2D eigenvalue weighted by Crippen LogP contribution is -2.54. The molecule has 2 aliphatic heterocycles. The number of amides is 1. The molecule has 6 nitrogen and oxygen atoms in total. The summed E-state index contributed by atoms with van der Waals surface area (Å²) in [6.45, 7) is 6.28. The zero-order valence-electron chi connectivity index (χ0n) is 15.4. The molecule has 1 aromatic rings. The normalized spacial score (nSPS) is 25.3. The van der Waals surface area contributed by atoms with Crippen LogP contribution in [0.5, 0.6) is 0 Å². The van der Waals surface area contributed by atoms with Gasteiger partial charge in [0.15, 0.2) is 0 Å². The van der Waals surface area contributed by atoms with Crippen LogP contribution in [0.15, 0.2) is 12.1 Å². The van der Waals surface area contributed by atoms with Crippen LogP contribution in [0.4, 0.5) is 13.2 Å². The number of nitrogens with zero attached hydrogens (tertiary/aromatic N) is 2. The minimum Gasteiger partial charge on any atom is -0.475 e. The van der Waals surface area contributed by atoms with Crippen molar-refractivity contribution in [1.82, 2.24) is 9.80 Å². The molecule has 10 heteroatoms. The van der Waals surface area contributed by atoms with Crippen LogP contribution in [0.1, 0.15) is 22.6 Å². The fraction of sp³-hybridized carbons (Fsp3) is 0.667. The molecule has 0 aromatic carbocycles. The van der Waals surface area contributed by atoms with Gasteiger partial charge >= 0.3 is 12.1 Å². The van der Waals surface area contributed by atoms with Crippen LogP contribution < -0.4 is 0 Å². The number of thiophene rings is 1. The number of morpholine rings is 1. The molecule has 0 bridgehead atoms. The molecule has 0 unspecified atom stereocenters. The summed E-state index contributed by atoms with van der Waals surface area (Å²) in [5.74, 6) is -1.81. The molecule has 0 spiro atoms. The monoisotopic (exact) mass is 420 g/mol. The second kappa shape index (κ2) is 8.38. The summed E-state index contributed by atoms with van der Waals surface area (Å²) in [7, 11) is 0. The first-order chi connectivity index (χ1) is 13.1. The summed E-state index contributed by atoms with van der Waals surface area (Å²) in [6, 6.07) is 4.67. The summed E-state index contributed by atoms with van der Waals surface area (Å²) >= 11 is 1.87. The number of rotatable bonds is 4. The summed E-state index contributed by atoms with van der Waals surface area (Å²) < 4.78 is 37.5. The second-order valence-corrected chi connectivity index (χ2v) is 8.79. The van der Waals surface area contributed by atoms with E-state index < -0.39 is 12.1 Å². The fourth-order valence-electron chi connectivity index (χ4n) is 3.48. The number of fused-ring (bicyclic) bond motifs is 1. The topological polar surface area (TPSA) is 70.1 Å². The van der Waals surface area contributed by atoms with Crippen LogP contribution in [0.3, 0.4) is 0 Å². The van der Waals surface area contributed by atoms with Crippen molar-refractivity contribution in [3.63, 3.8) is 0 Å². The Balaban J connectivity index is 0.000000279. The van der Waals surface area contributed by atoms with Crippen molar-refractivity contribution in [2.24, 2.45) is 5.92 Å². The highest BCUT2D eigenvalue weighted by Crippen LogP contribution is 2.33. The van der Waals surface area contributed by atoms with Crippen molar-refractivity contribution in [1.29, 1.82) is 0 Å².